The van der Waals surface area contributed by atoms with Crippen molar-refractivity contribution in [2.75, 3.05) is 92.9 Å². The Balaban J connectivity index is 0.688. The maximum Gasteiger partial charge on any atom is 0.260 e. The van der Waals surface area contributed by atoms with E-state index in [1.165, 1.54) is 4.90 Å². The third kappa shape index (κ3) is 16.0. The minimum Gasteiger partial charge on any atom is -0.493 e. The van der Waals surface area contributed by atoms with E-state index in [9.17, 15) is 24.0 Å². The number of hydrogen-bond donors (Lipinski definition) is 0. The number of ether oxygens (including phenoxy) is 9. The molecule has 3 atom stereocenters. The Kier molecular flexibility index (Phi) is 21.1. The normalized spacial score (nSPS) is 18.0. The molecule has 0 aliphatic carbocycles. The lowest BCUT2D eigenvalue weighted by Gasteiger charge is -2.19. The number of carbonyl (C=O) groups is 5. The third-order valence-corrected chi connectivity index (χ3v) is 14.6. The van der Waals surface area contributed by atoms with Gasteiger partial charge in [-0.25, -0.2) is 4.68 Å². The van der Waals surface area contributed by atoms with Gasteiger partial charge in [0.05, 0.1) is 127 Å². The second-order valence-electron chi connectivity index (χ2n) is 21.2. The van der Waals surface area contributed by atoms with Crippen LogP contribution in [0.5, 0.6) is 17.2 Å². The summed E-state index contributed by atoms with van der Waals surface area (Å²) in [6, 6.07) is 12.9. The van der Waals surface area contributed by atoms with Gasteiger partial charge in [0, 0.05) is 80.9 Å². The Morgan fingerprint density at radius 2 is 1.12 bits per heavy atom. The Labute approximate surface area is 483 Å². The van der Waals surface area contributed by atoms with Crippen LogP contribution in [-0.2, 0) is 62.6 Å². The van der Waals surface area contributed by atoms with Gasteiger partial charge in [-0.05, 0) is 87.1 Å². The highest BCUT2D eigenvalue weighted by molar-refractivity contribution is 6.05. The number of aryl methyl sites for hydroxylation is 1. The van der Waals surface area contributed by atoms with Crippen molar-refractivity contribution in [3.05, 3.63) is 100 Å². The Hall–Kier alpha value is -7.47. The van der Waals surface area contributed by atoms with Gasteiger partial charge in [0.1, 0.15) is 30.4 Å². The van der Waals surface area contributed by atoms with E-state index < -0.39 is 0 Å². The molecule has 3 aromatic carbocycles. The van der Waals surface area contributed by atoms with Gasteiger partial charge in [-0.3, -0.25) is 38.9 Å². The molecule has 0 bridgehead atoms. The van der Waals surface area contributed by atoms with Crippen molar-refractivity contribution in [2.45, 2.75) is 98.1 Å². The summed E-state index contributed by atoms with van der Waals surface area (Å²) in [5.41, 5.74) is 8.16. The molecule has 9 rings (SSSR count). The third-order valence-electron chi connectivity index (χ3n) is 14.6. The minimum atomic E-state index is -0.299. The molecule has 4 amide bonds. The summed E-state index contributed by atoms with van der Waals surface area (Å²) in [6.45, 7) is 13.6. The molecular weight excluding hydrogens is 1070 g/mol. The largest absolute Gasteiger partial charge is 0.493 e. The average Bonchev–Trinajstić information content (AvgIpc) is 3.32. The lowest BCUT2D eigenvalue weighted by molar-refractivity contribution is -0.139. The molecule has 0 saturated carbocycles. The topological polar surface area (TPSA) is 234 Å². The molecule has 22 heteroatoms. The second-order valence-corrected chi connectivity index (χ2v) is 21.2. The molecule has 5 aliphatic rings. The summed E-state index contributed by atoms with van der Waals surface area (Å²) >= 11 is 0. The van der Waals surface area contributed by atoms with E-state index in [-0.39, 0.29) is 80.0 Å². The molecule has 0 radical (unpaired) electrons. The first-order chi connectivity index (χ1) is 40.3. The Morgan fingerprint density at radius 3 is 1.67 bits per heavy atom. The van der Waals surface area contributed by atoms with Crippen molar-refractivity contribution < 1.29 is 66.6 Å². The van der Waals surface area contributed by atoms with Crippen LogP contribution in [0.3, 0.4) is 0 Å². The number of amides is 4. The van der Waals surface area contributed by atoms with Crippen LogP contribution in [0.1, 0.15) is 96.7 Å². The lowest BCUT2D eigenvalue weighted by Crippen LogP contribution is -2.32. The molecule has 5 aliphatic heterocycles. The number of aliphatic imine (C=N–C) groups is 2. The molecular formula is C61H74N8O14. The Morgan fingerprint density at radius 1 is 0.590 bits per heavy atom. The first-order valence-electron chi connectivity index (χ1n) is 28.4. The lowest BCUT2D eigenvalue weighted by atomic mass is 10.0. The van der Waals surface area contributed by atoms with Gasteiger partial charge < -0.3 is 52.4 Å². The van der Waals surface area contributed by atoms with E-state index in [2.05, 4.69) is 10.3 Å². The summed E-state index contributed by atoms with van der Waals surface area (Å²) in [5.74, 6) is 0.527. The molecule has 1 fully saturated rings. The van der Waals surface area contributed by atoms with E-state index >= 15 is 0 Å². The number of methoxy groups -OCH3 is 1. The van der Waals surface area contributed by atoms with Crippen molar-refractivity contribution in [1.82, 2.24) is 29.7 Å². The maximum absolute atomic E-state index is 13.6. The van der Waals surface area contributed by atoms with Crippen molar-refractivity contribution in [2.24, 2.45) is 15.9 Å². The first kappa shape index (κ1) is 60.1. The fourth-order valence-corrected chi connectivity index (χ4v) is 10.2. The highest BCUT2D eigenvalue weighted by Gasteiger charge is 2.36. The van der Waals surface area contributed by atoms with Crippen LogP contribution in [-0.4, -0.2) is 177 Å². The van der Waals surface area contributed by atoms with Crippen LogP contribution in [0.25, 0.3) is 11.3 Å². The predicted octanol–water partition coefficient (Wildman–Crippen LogP) is 7.32. The maximum atomic E-state index is 13.6. The number of benzene rings is 3. The molecule has 442 valence electrons. The Bertz CT molecular complexity index is 3120. The van der Waals surface area contributed by atoms with Crippen molar-refractivity contribution in [3.63, 3.8) is 0 Å². The number of aromatic nitrogens is 3. The van der Waals surface area contributed by atoms with Crippen LogP contribution >= 0.6 is 0 Å². The standard InChI is InChI=1S/C61H74N8O14/c1-40-23-47-33-62-52-31-55(42(3)25-50(52)60(73)68(47)35-40)82-38-44-27-45(39-83-57-32-53-51(30-56(57)75-5)61(74)69-36-41(2)24-48(69)34-63-53)29-46(28-44)54-37-66(65-64-54)10-12-77-14-16-79-18-20-81-22-21-80-19-17-78-15-13-76-11-6-7-49(70)8-9-67-58(71)26-43(4)59(67)72/h25,27-37,43,47-48H,6-24,26,38-39H2,1-5H3/t43?,47-,48-/m0/s1. The number of carbonyl (C=O) groups excluding carboxylic acids is 5. The van der Waals surface area contributed by atoms with Crippen molar-refractivity contribution >= 4 is 53.2 Å². The summed E-state index contributed by atoms with van der Waals surface area (Å²) in [6.07, 6.45) is 12.1. The van der Waals surface area contributed by atoms with Crippen molar-refractivity contribution in [3.8, 4) is 28.5 Å². The zero-order valence-electron chi connectivity index (χ0n) is 48.0. The molecule has 6 heterocycles. The molecule has 0 N–H and O–H groups in total. The van der Waals surface area contributed by atoms with Gasteiger partial charge in [-0.1, -0.05) is 23.3 Å². The van der Waals surface area contributed by atoms with E-state index in [1.807, 2.05) is 82.1 Å². The number of imide groups is 1. The predicted molar refractivity (Wildman–Crippen MR) is 306 cm³/mol. The number of hydrogen-bond acceptors (Lipinski definition) is 18. The monoisotopic (exact) mass is 1140 g/mol. The molecule has 4 aromatic rings. The fourth-order valence-electron chi connectivity index (χ4n) is 10.2. The number of ketones is 1. The van der Waals surface area contributed by atoms with E-state index in [1.54, 1.807) is 40.6 Å². The summed E-state index contributed by atoms with van der Waals surface area (Å²) in [7, 11) is 1.54. The van der Waals surface area contributed by atoms with Gasteiger partial charge in [0.2, 0.25) is 11.8 Å². The van der Waals surface area contributed by atoms with Gasteiger partial charge in [-0.15, -0.1) is 5.10 Å². The number of rotatable bonds is 33. The van der Waals surface area contributed by atoms with Crippen LogP contribution < -0.4 is 14.2 Å². The molecule has 22 nitrogen and oxygen atoms in total. The van der Waals surface area contributed by atoms with Crippen LogP contribution in [0.15, 0.2) is 82.2 Å². The average molecular weight is 1140 g/mol. The molecule has 83 heavy (non-hydrogen) atoms. The summed E-state index contributed by atoms with van der Waals surface area (Å²) in [5, 5.41) is 8.91. The number of nitrogens with zero attached hydrogens (tertiary/aromatic N) is 8. The van der Waals surface area contributed by atoms with Gasteiger partial charge in [0.25, 0.3) is 11.8 Å². The van der Waals surface area contributed by atoms with Gasteiger partial charge >= 0.3 is 0 Å². The van der Waals surface area contributed by atoms with E-state index in [0.717, 1.165) is 46.2 Å². The van der Waals surface area contributed by atoms with Gasteiger partial charge in [0.15, 0.2) is 11.5 Å². The molecule has 0 spiro atoms. The first-order valence-corrected chi connectivity index (χ1v) is 28.4. The molecule has 1 saturated heterocycles. The summed E-state index contributed by atoms with van der Waals surface area (Å²) < 4.78 is 54.2. The summed E-state index contributed by atoms with van der Waals surface area (Å²) in [4.78, 5) is 77.3. The van der Waals surface area contributed by atoms with Crippen LogP contribution in [0.4, 0.5) is 11.4 Å². The van der Waals surface area contributed by atoms with E-state index in [0.29, 0.717) is 144 Å². The van der Waals surface area contributed by atoms with Crippen LogP contribution in [0, 0.1) is 12.8 Å². The number of likely N-dealkylation sites (tertiary alicyclic amines) is 1. The zero-order valence-corrected chi connectivity index (χ0v) is 48.0. The number of Topliss-reactive ketones (excluding diaryl/α,β-unsaturated/α-hetero) is 1. The highest BCUT2D eigenvalue weighted by Crippen LogP contribution is 2.40. The quantitative estimate of drug-likeness (QED) is 0.0336. The SMILES string of the molecule is COc1cc2c(cc1OCc1cc(COc3cc4c(cc3C)C(=O)N3C=C(C)C[C@H]3C=N4)cc(-c3cn(CCOCCOCCOCCOCCOCCOCCCC(=O)CCN4C(=O)CC(C)C4=O)nn3)c1)N=C[C@@H]1CC(C)=CN1C2=O. The molecule has 1 aromatic heterocycles. The fraction of sp³-hybridized carbons (Fsp3) is 0.492. The number of fused-ring (bicyclic) bond motifs is 4. The molecule has 1 unspecified atom stereocenters. The van der Waals surface area contributed by atoms with Crippen LogP contribution in [0.2, 0.25) is 0 Å². The van der Waals surface area contributed by atoms with E-state index in [4.69, 9.17) is 52.6 Å². The highest BCUT2D eigenvalue weighted by atomic mass is 16.6. The second kappa shape index (κ2) is 29.2. The van der Waals surface area contributed by atoms with Crippen molar-refractivity contribution in [1.29, 1.82) is 0 Å². The zero-order chi connectivity index (χ0) is 58.2. The smallest absolute Gasteiger partial charge is 0.260 e. The van der Waals surface area contributed by atoms with Gasteiger partial charge in [-0.2, -0.15) is 0 Å². The minimum absolute atomic E-state index is 0.00770.